The van der Waals surface area contributed by atoms with Crippen LogP contribution in [-0.4, -0.2) is 4.98 Å². The van der Waals surface area contributed by atoms with Crippen LogP contribution in [0.15, 0.2) is 42.7 Å². The molecular weight excluding hydrogens is 200 g/mol. The topological polar surface area (TPSA) is 48.1 Å². The van der Waals surface area contributed by atoms with E-state index < -0.39 is 0 Å². The van der Waals surface area contributed by atoms with Crippen LogP contribution in [0.25, 0.3) is 0 Å². The van der Waals surface area contributed by atoms with Crippen LogP contribution in [-0.2, 0) is 6.61 Å². The minimum absolute atomic E-state index is 0.488. The van der Waals surface area contributed by atoms with Crippen molar-refractivity contribution in [1.29, 1.82) is 0 Å². The van der Waals surface area contributed by atoms with Gasteiger partial charge in [0.1, 0.15) is 12.4 Å². The molecule has 1 aromatic heterocycles. The summed E-state index contributed by atoms with van der Waals surface area (Å²) < 4.78 is 5.63. The number of ether oxygens (including phenoxy) is 1. The third-order valence-corrected chi connectivity index (χ3v) is 2.21. The average molecular weight is 214 g/mol. The number of anilines is 1. The van der Waals surface area contributed by atoms with Crippen molar-refractivity contribution in [3.63, 3.8) is 0 Å². The average Bonchev–Trinajstić information content (AvgIpc) is 2.27. The molecule has 3 heteroatoms. The molecule has 0 bridgehead atoms. The molecule has 1 heterocycles. The van der Waals surface area contributed by atoms with Gasteiger partial charge in [0.2, 0.25) is 0 Å². The number of hydrogen-bond donors (Lipinski definition) is 1. The van der Waals surface area contributed by atoms with Gasteiger partial charge in [0, 0.05) is 18.0 Å². The minimum Gasteiger partial charge on any atom is -0.489 e. The van der Waals surface area contributed by atoms with Gasteiger partial charge in [-0.25, -0.2) is 0 Å². The van der Waals surface area contributed by atoms with E-state index in [9.17, 15) is 0 Å². The zero-order chi connectivity index (χ0) is 11.4. The minimum atomic E-state index is 0.488. The molecule has 0 aliphatic heterocycles. The lowest BCUT2D eigenvalue weighted by atomic mass is 10.2. The zero-order valence-electron chi connectivity index (χ0n) is 9.18. The number of aryl methyl sites for hydroxylation is 1. The molecule has 0 amide bonds. The lowest BCUT2D eigenvalue weighted by Crippen LogP contribution is -1.97. The number of benzene rings is 1. The van der Waals surface area contributed by atoms with Crippen LogP contribution in [0.3, 0.4) is 0 Å². The highest BCUT2D eigenvalue weighted by Gasteiger charge is 1.97. The number of aromatic nitrogens is 1. The predicted octanol–water partition coefficient (Wildman–Crippen LogP) is 2.55. The van der Waals surface area contributed by atoms with Gasteiger partial charge in [-0.15, -0.1) is 0 Å². The molecule has 0 spiro atoms. The van der Waals surface area contributed by atoms with Crippen molar-refractivity contribution in [3.05, 3.63) is 53.9 Å². The maximum Gasteiger partial charge on any atom is 0.120 e. The molecule has 3 nitrogen and oxygen atoms in total. The molecule has 2 aromatic rings. The van der Waals surface area contributed by atoms with Crippen LogP contribution in [0, 0.1) is 6.92 Å². The Bertz CT molecular complexity index is 437. The van der Waals surface area contributed by atoms with Crippen LogP contribution in [0.4, 0.5) is 5.69 Å². The number of nitrogens with zero attached hydrogens (tertiary/aromatic N) is 1. The first kappa shape index (κ1) is 10.5. The summed E-state index contributed by atoms with van der Waals surface area (Å²) in [4.78, 5) is 4.01. The number of pyridine rings is 1. The summed E-state index contributed by atoms with van der Waals surface area (Å²) in [5.74, 6) is 0.863. The molecular formula is C13H14N2O. The Balaban J connectivity index is 2.02. The summed E-state index contributed by atoms with van der Waals surface area (Å²) in [6.07, 6.45) is 3.38. The van der Waals surface area contributed by atoms with Crippen molar-refractivity contribution in [2.24, 2.45) is 0 Å². The normalized spacial score (nSPS) is 10.1. The summed E-state index contributed by atoms with van der Waals surface area (Å²) >= 11 is 0. The highest BCUT2D eigenvalue weighted by Crippen LogP contribution is 2.14. The monoisotopic (exact) mass is 214 g/mol. The molecule has 0 aliphatic carbocycles. The second-order valence-corrected chi connectivity index (χ2v) is 3.73. The molecule has 0 saturated heterocycles. The summed E-state index contributed by atoms with van der Waals surface area (Å²) in [6, 6.07) is 9.81. The lowest BCUT2D eigenvalue weighted by molar-refractivity contribution is 0.305. The fourth-order valence-corrected chi connectivity index (χ4v) is 1.46. The maximum atomic E-state index is 5.63. The Morgan fingerprint density at radius 2 is 2.12 bits per heavy atom. The van der Waals surface area contributed by atoms with Gasteiger partial charge in [0.15, 0.2) is 0 Å². The molecule has 0 saturated carbocycles. The molecule has 2 rings (SSSR count). The van der Waals surface area contributed by atoms with Gasteiger partial charge in [-0.3, -0.25) is 4.98 Å². The Morgan fingerprint density at radius 3 is 2.88 bits per heavy atom. The molecule has 0 fully saturated rings. The number of rotatable bonds is 3. The first-order valence-electron chi connectivity index (χ1n) is 5.13. The van der Waals surface area contributed by atoms with E-state index in [4.69, 9.17) is 10.5 Å². The molecule has 1 aromatic carbocycles. The summed E-state index contributed by atoms with van der Waals surface area (Å²) in [5.41, 5.74) is 8.45. The number of nitrogen functional groups attached to an aromatic ring is 1. The van der Waals surface area contributed by atoms with Gasteiger partial charge in [0.25, 0.3) is 0 Å². The van der Waals surface area contributed by atoms with Gasteiger partial charge in [-0.1, -0.05) is 12.1 Å². The standard InChI is InChI=1S/C13H14N2O/c1-10-3-2-4-13(5-10)16-9-11-6-12(14)8-15-7-11/h2-8H,9,14H2,1H3. The van der Waals surface area contributed by atoms with Crippen LogP contribution >= 0.6 is 0 Å². The van der Waals surface area contributed by atoms with Crippen molar-refractivity contribution in [3.8, 4) is 5.75 Å². The van der Waals surface area contributed by atoms with Crippen LogP contribution in [0.1, 0.15) is 11.1 Å². The highest BCUT2D eigenvalue weighted by atomic mass is 16.5. The molecule has 16 heavy (non-hydrogen) atoms. The van der Waals surface area contributed by atoms with Gasteiger partial charge >= 0.3 is 0 Å². The third-order valence-electron chi connectivity index (χ3n) is 2.21. The summed E-state index contributed by atoms with van der Waals surface area (Å²) in [7, 11) is 0. The van der Waals surface area contributed by atoms with E-state index in [1.54, 1.807) is 12.4 Å². The third kappa shape index (κ3) is 2.73. The van der Waals surface area contributed by atoms with Crippen LogP contribution in [0.5, 0.6) is 5.75 Å². The van der Waals surface area contributed by atoms with Gasteiger partial charge in [-0.2, -0.15) is 0 Å². The lowest BCUT2D eigenvalue weighted by Gasteiger charge is -2.06. The van der Waals surface area contributed by atoms with E-state index >= 15 is 0 Å². The second-order valence-electron chi connectivity index (χ2n) is 3.73. The quantitative estimate of drug-likeness (QED) is 0.854. The van der Waals surface area contributed by atoms with Crippen molar-refractivity contribution in [1.82, 2.24) is 4.98 Å². The van der Waals surface area contributed by atoms with Gasteiger partial charge < -0.3 is 10.5 Å². The summed E-state index contributed by atoms with van der Waals surface area (Å²) in [5, 5.41) is 0. The van der Waals surface area contributed by atoms with Crippen molar-refractivity contribution in [2.45, 2.75) is 13.5 Å². The van der Waals surface area contributed by atoms with Gasteiger partial charge in [-0.05, 0) is 30.7 Å². The fourth-order valence-electron chi connectivity index (χ4n) is 1.46. The van der Waals surface area contributed by atoms with E-state index in [-0.39, 0.29) is 0 Å². The van der Waals surface area contributed by atoms with Crippen LogP contribution < -0.4 is 10.5 Å². The first-order valence-corrected chi connectivity index (χ1v) is 5.13. The molecule has 0 aliphatic rings. The Labute approximate surface area is 94.9 Å². The predicted molar refractivity (Wildman–Crippen MR) is 64.2 cm³/mol. The SMILES string of the molecule is Cc1cccc(OCc2cncc(N)c2)c1. The zero-order valence-corrected chi connectivity index (χ0v) is 9.18. The molecule has 2 N–H and O–H groups in total. The fraction of sp³-hybridized carbons (Fsp3) is 0.154. The molecule has 0 radical (unpaired) electrons. The summed E-state index contributed by atoms with van der Waals surface area (Å²) in [6.45, 7) is 2.52. The maximum absolute atomic E-state index is 5.63. The van der Waals surface area contributed by atoms with E-state index in [0.29, 0.717) is 12.3 Å². The van der Waals surface area contributed by atoms with Gasteiger partial charge in [0.05, 0.1) is 5.69 Å². The number of hydrogen-bond acceptors (Lipinski definition) is 3. The smallest absolute Gasteiger partial charge is 0.120 e. The molecule has 0 atom stereocenters. The van der Waals surface area contributed by atoms with Crippen molar-refractivity contribution >= 4 is 5.69 Å². The Morgan fingerprint density at radius 1 is 1.25 bits per heavy atom. The van der Waals surface area contributed by atoms with E-state index in [0.717, 1.165) is 11.3 Å². The Hall–Kier alpha value is -2.03. The molecule has 0 unspecified atom stereocenters. The highest BCUT2D eigenvalue weighted by molar-refractivity contribution is 5.37. The van der Waals surface area contributed by atoms with Crippen LogP contribution in [0.2, 0.25) is 0 Å². The van der Waals surface area contributed by atoms with E-state index in [2.05, 4.69) is 4.98 Å². The van der Waals surface area contributed by atoms with Crippen molar-refractivity contribution < 1.29 is 4.74 Å². The van der Waals surface area contributed by atoms with E-state index in [1.807, 2.05) is 37.3 Å². The first-order chi connectivity index (χ1) is 7.74. The van der Waals surface area contributed by atoms with Crippen molar-refractivity contribution in [2.75, 3.05) is 5.73 Å². The van der Waals surface area contributed by atoms with E-state index in [1.165, 1.54) is 5.56 Å². The number of nitrogens with two attached hydrogens (primary N) is 1. The molecule has 82 valence electrons. The second kappa shape index (κ2) is 4.66. The Kier molecular flexibility index (Phi) is 3.05. The largest absolute Gasteiger partial charge is 0.489 e.